The Morgan fingerprint density at radius 2 is 1.82 bits per heavy atom. The molecular weight excluding hydrogens is 788 g/mol. The number of pyridine rings is 1. The molecule has 1 aromatic heterocycles. The fourth-order valence-electron chi connectivity index (χ4n) is 9.92. The van der Waals surface area contributed by atoms with Gasteiger partial charge in [0.1, 0.15) is 22.7 Å². The standard InChI is InChI=1S/C49H59ClN6O5/c1-32(31-61-45-18-23-53-43-14-5-4-13-41(43)45)25-37-27-35-16-17-40(60-24-8-15-46(57)54-33(2)34-9-6-10-36(26-34)44(56-51)30-52-3)29-42(35)48(37)19-21-49(22-20-48,47(58)59)55-39-12-7-11-38(50)28-39/h6-7,9-12,16-18,23,26,28-30,32-33,37,55H,4-5,8,13-15,19-22,24-25,27,31,51H2,1-3H3,(H,54,57)(H,58,59)/b52-30?,56-44+/t32-,33?,37?,48?,49?/m1/s1. The van der Waals surface area contributed by atoms with E-state index in [1.165, 1.54) is 28.8 Å². The van der Waals surface area contributed by atoms with Gasteiger partial charge in [0.2, 0.25) is 5.91 Å². The van der Waals surface area contributed by atoms with Crippen molar-refractivity contribution in [1.82, 2.24) is 10.3 Å². The number of hydrogen-bond acceptors (Lipinski definition) is 9. The average molecular weight is 848 g/mol. The second kappa shape index (κ2) is 19.5. The minimum atomic E-state index is -1.11. The van der Waals surface area contributed by atoms with Crippen LogP contribution in [0.15, 0.2) is 89.1 Å². The number of fused-ring (bicyclic) bond motifs is 3. The molecule has 2 unspecified atom stereocenters. The Balaban J connectivity index is 1.02. The predicted molar refractivity (Wildman–Crippen MR) is 242 cm³/mol. The molecule has 7 rings (SSSR count). The van der Waals surface area contributed by atoms with Crippen LogP contribution < -0.4 is 25.9 Å². The van der Waals surface area contributed by atoms with Crippen LogP contribution in [0.25, 0.3) is 0 Å². The third-order valence-electron chi connectivity index (χ3n) is 13.1. The van der Waals surface area contributed by atoms with E-state index in [4.69, 9.17) is 26.9 Å². The van der Waals surface area contributed by atoms with Crippen LogP contribution in [0, 0.1) is 11.8 Å². The Kier molecular flexibility index (Phi) is 14.0. The maximum Gasteiger partial charge on any atom is 0.329 e. The Morgan fingerprint density at radius 1 is 1.02 bits per heavy atom. The second-order valence-electron chi connectivity index (χ2n) is 17.3. The fraction of sp³-hybridized carbons (Fsp3) is 0.449. The molecule has 1 heterocycles. The predicted octanol–water partition coefficient (Wildman–Crippen LogP) is 9.04. The zero-order valence-electron chi connectivity index (χ0n) is 35.6. The van der Waals surface area contributed by atoms with E-state index in [1.807, 2.05) is 61.7 Å². The molecule has 61 heavy (non-hydrogen) atoms. The first kappa shape index (κ1) is 43.7. The number of ether oxygens (including phenoxy) is 2. The summed E-state index contributed by atoms with van der Waals surface area (Å²) in [7, 11) is 1.67. The van der Waals surface area contributed by atoms with Gasteiger partial charge in [0.25, 0.3) is 0 Å². The third kappa shape index (κ3) is 10.0. The van der Waals surface area contributed by atoms with E-state index in [-0.39, 0.29) is 23.3 Å². The highest BCUT2D eigenvalue weighted by Crippen LogP contribution is 2.56. The number of carbonyl (C=O) groups excluding carboxylic acids is 1. The zero-order valence-corrected chi connectivity index (χ0v) is 36.3. The van der Waals surface area contributed by atoms with Crippen molar-refractivity contribution in [1.29, 1.82) is 0 Å². The number of aryl methyl sites for hydroxylation is 1. The van der Waals surface area contributed by atoms with Crippen LogP contribution in [0.5, 0.6) is 11.5 Å². The van der Waals surface area contributed by atoms with Crippen molar-refractivity contribution in [2.24, 2.45) is 27.8 Å². The summed E-state index contributed by atoms with van der Waals surface area (Å²) < 4.78 is 12.9. The lowest BCUT2D eigenvalue weighted by Gasteiger charge is -2.47. The van der Waals surface area contributed by atoms with Gasteiger partial charge in [-0.25, -0.2) is 4.79 Å². The SMILES string of the molecule is CN=C/C(=N\N)c1cccc(C(C)NC(=O)CCCOc2ccc3c(c2)C2(CCC(Nc4cccc(Cl)c4)(C(=O)O)CC2)C(C[C@@H](C)COc2ccnc4c2CCCC4)C3)c1. The van der Waals surface area contributed by atoms with Crippen LogP contribution in [0.3, 0.4) is 0 Å². The topological polar surface area (TPSA) is 161 Å². The van der Waals surface area contributed by atoms with Crippen molar-refractivity contribution < 1.29 is 24.2 Å². The summed E-state index contributed by atoms with van der Waals surface area (Å²) in [5.74, 6) is 6.98. The molecule has 0 aliphatic heterocycles. The Morgan fingerprint density at radius 3 is 2.59 bits per heavy atom. The average Bonchev–Trinajstić information content (AvgIpc) is 3.55. The van der Waals surface area contributed by atoms with E-state index >= 15 is 0 Å². The van der Waals surface area contributed by atoms with Crippen molar-refractivity contribution >= 4 is 41.1 Å². The van der Waals surface area contributed by atoms with Gasteiger partial charge in [-0.3, -0.25) is 14.8 Å². The molecule has 1 amide bonds. The number of carbonyl (C=O) groups is 2. The summed E-state index contributed by atoms with van der Waals surface area (Å²) >= 11 is 6.31. The van der Waals surface area contributed by atoms with Gasteiger partial charge in [-0.2, -0.15) is 5.10 Å². The molecule has 0 radical (unpaired) electrons. The molecule has 3 aliphatic carbocycles. The number of aliphatic imine (C=N–C) groups is 1. The lowest BCUT2D eigenvalue weighted by atomic mass is 9.59. The number of hydrazone groups is 1. The number of nitrogens with zero attached hydrogens (tertiary/aromatic N) is 3. The minimum Gasteiger partial charge on any atom is -0.494 e. The first-order chi connectivity index (χ1) is 29.5. The number of aromatic nitrogens is 1. The normalized spacial score (nSPS) is 22.0. The molecule has 1 saturated carbocycles. The Hall–Kier alpha value is -5.42. The molecule has 3 atom stereocenters. The quantitative estimate of drug-likeness (QED) is 0.0355. The van der Waals surface area contributed by atoms with Crippen LogP contribution >= 0.6 is 11.6 Å². The van der Waals surface area contributed by atoms with Gasteiger partial charge in [-0.1, -0.05) is 48.9 Å². The van der Waals surface area contributed by atoms with Gasteiger partial charge in [-0.05, 0) is 154 Å². The highest BCUT2D eigenvalue weighted by molar-refractivity contribution is 6.38. The van der Waals surface area contributed by atoms with E-state index < -0.39 is 11.5 Å². The number of amides is 1. The van der Waals surface area contributed by atoms with Gasteiger partial charge in [0.05, 0.1) is 19.3 Å². The number of aliphatic carboxylic acids is 1. The van der Waals surface area contributed by atoms with Crippen molar-refractivity contribution in [2.45, 2.75) is 108 Å². The molecule has 0 bridgehead atoms. The van der Waals surface area contributed by atoms with Crippen LogP contribution in [-0.2, 0) is 34.3 Å². The van der Waals surface area contributed by atoms with Crippen LogP contribution in [0.2, 0.25) is 5.02 Å². The van der Waals surface area contributed by atoms with E-state index in [0.717, 1.165) is 54.7 Å². The van der Waals surface area contributed by atoms with Gasteiger partial charge in [0.15, 0.2) is 0 Å². The van der Waals surface area contributed by atoms with Gasteiger partial charge >= 0.3 is 5.97 Å². The molecule has 3 aliphatic rings. The largest absolute Gasteiger partial charge is 0.494 e. The summed E-state index contributed by atoms with van der Waals surface area (Å²) in [6.45, 7) is 5.22. The molecule has 4 aromatic rings. The van der Waals surface area contributed by atoms with E-state index in [0.29, 0.717) is 74.1 Å². The zero-order chi connectivity index (χ0) is 43.0. The number of nitrogens with one attached hydrogen (secondary N) is 2. The lowest BCUT2D eigenvalue weighted by Crippen LogP contribution is -2.53. The monoisotopic (exact) mass is 846 g/mol. The van der Waals surface area contributed by atoms with Crippen molar-refractivity contribution in [3.8, 4) is 11.5 Å². The number of anilines is 1. The number of hydrogen-bond donors (Lipinski definition) is 4. The lowest BCUT2D eigenvalue weighted by molar-refractivity contribution is -0.144. The van der Waals surface area contributed by atoms with E-state index in [2.05, 4.69) is 44.8 Å². The van der Waals surface area contributed by atoms with Gasteiger partial charge in [-0.15, -0.1) is 0 Å². The number of nitrogens with two attached hydrogens (primary N) is 1. The van der Waals surface area contributed by atoms with Crippen LogP contribution in [-0.4, -0.2) is 59.7 Å². The molecule has 11 nitrogen and oxygen atoms in total. The molecule has 3 aromatic carbocycles. The highest BCUT2D eigenvalue weighted by atomic mass is 35.5. The first-order valence-corrected chi connectivity index (χ1v) is 22.1. The molecule has 322 valence electrons. The highest BCUT2D eigenvalue weighted by Gasteiger charge is 2.54. The number of carboxylic acids is 1. The Bertz CT molecular complexity index is 2250. The number of benzene rings is 3. The summed E-state index contributed by atoms with van der Waals surface area (Å²) in [6.07, 6.45) is 12.9. The second-order valence-corrected chi connectivity index (χ2v) is 17.7. The minimum absolute atomic E-state index is 0.0579. The van der Waals surface area contributed by atoms with Crippen LogP contribution in [0.4, 0.5) is 5.69 Å². The maximum atomic E-state index is 13.1. The maximum absolute atomic E-state index is 13.1. The van der Waals surface area contributed by atoms with Gasteiger partial charge < -0.3 is 31.1 Å². The number of halogens is 1. The summed E-state index contributed by atoms with van der Waals surface area (Å²) in [5, 5.41) is 21.6. The molecular formula is C49H59ClN6O5. The summed E-state index contributed by atoms with van der Waals surface area (Å²) in [5.41, 5.74) is 6.69. The number of rotatable bonds is 17. The number of carboxylic acid groups (broad SMARTS) is 1. The van der Waals surface area contributed by atoms with Crippen molar-refractivity contribution in [3.63, 3.8) is 0 Å². The summed E-state index contributed by atoms with van der Waals surface area (Å²) in [4.78, 5) is 34.7. The van der Waals surface area contributed by atoms with Crippen molar-refractivity contribution in [2.75, 3.05) is 25.6 Å². The third-order valence-corrected chi connectivity index (χ3v) is 13.4. The Labute approximate surface area is 364 Å². The van der Waals surface area contributed by atoms with E-state index in [1.54, 1.807) is 25.4 Å². The van der Waals surface area contributed by atoms with Crippen molar-refractivity contribution in [3.05, 3.63) is 118 Å². The molecule has 1 spiro atoms. The summed E-state index contributed by atoms with van der Waals surface area (Å²) in [6, 6.07) is 23.3. The smallest absolute Gasteiger partial charge is 0.329 e. The van der Waals surface area contributed by atoms with E-state index in [9.17, 15) is 14.7 Å². The molecule has 0 saturated heterocycles. The van der Waals surface area contributed by atoms with Crippen LogP contribution in [0.1, 0.15) is 111 Å². The molecule has 1 fully saturated rings. The molecule has 5 N–H and O–H groups in total. The molecule has 12 heteroatoms. The van der Waals surface area contributed by atoms with Gasteiger partial charge in [0, 0.05) is 53.4 Å². The fourth-order valence-corrected chi connectivity index (χ4v) is 10.1. The first-order valence-electron chi connectivity index (χ1n) is 21.7.